The van der Waals surface area contributed by atoms with E-state index in [1.165, 1.54) is 21.8 Å². The number of hydrogen-bond acceptors (Lipinski definition) is 5. The maximum atomic E-state index is 11.5. The van der Waals surface area contributed by atoms with Gasteiger partial charge in [-0.15, -0.1) is 11.3 Å². The number of hydrazine groups is 1. The van der Waals surface area contributed by atoms with E-state index in [4.69, 9.17) is 23.8 Å². The Morgan fingerprint density at radius 2 is 2.24 bits per heavy atom. The lowest BCUT2D eigenvalue weighted by molar-refractivity contribution is -0.141. The van der Waals surface area contributed by atoms with Gasteiger partial charge in [-0.05, 0) is 17.7 Å². The first-order valence-corrected chi connectivity index (χ1v) is 7.70. The normalized spacial score (nSPS) is 11.7. The number of thiocarbonyl (C=S) groups is 1. The Bertz CT molecular complexity index is 604. The Hall–Kier alpha value is -1.70. The van der Waals surface area contributed by atoms with E-state index >= 15 is 0 Å². The van der Waals surface area contributed by atoms with Crippen LogP contribution in [0.5, 0.6) is 0 Å². The second-order valence-corrected chi connectivity index (χ2v) is 5.69. The van der Waals surface area contributed by atoms with Gasteiger partial charge in [0.15, 0.2) is 6.04 Å². The van der Waals surface area contributed by atoms with Crippen LogP contribution in [0.15, 0.2) is 35.8 Å². The highest BCUT2D eigenvalue weighted by molar-refractivity contribution is 7.78. The highest BCUT2D eigenvalue weighted by Gasteiger charge is 2.24. The quantitative estimate of drug-likeness (QED) is 0.596. The predicted molar refractivity (Wildman–Crippen MR) is 87.8 cm³/mol. The number of anilines is 1. The summed E-state index contributed by atoms with van der Waals surface area (Å²) in [5, 5.41) is 13.8. The lowest BCUT2D eigenvalue weighted by Gasteiger charge is -2.26. The lowest BCUT2D eigenvalue weighted by Crippen LogP contribution is -2.44. The number of halogens is 1. The molecule has 8 heteroatoms. The average Bonchev–Trinajstić information content (AvgIpc) is 2.97. The van der Waals surface area contributed by atoms with Gasteiger partial charge in [-0.1, -0.05) is 36.0 Å². The van der Waals surface area contributed by atoms with Crippen molar-refractivity contribution in [3.05, 3.63) is 46.4 Å². The van der Waals surface area contributed by atoms with E-state index in [0.29, 0.717) is 10.2 Å². The minimum Gasteiger partial charge on any atom is -0.480 e. The molecule has 0 bridgehead atoms. The molecule has 0 aliphatic rings. The topological polar surface area (TPSA) is 65.5 Å². The fourth-order valence-corrected chi connectivity index (χ4v) is 2.57. The van der Waals surface area contributed by atoms with Gasteiger partial charge in [0.05, 0.1) is 5.49 Å². The molecule has 2 aromatic rings. The van der Waals surface area contributed by atoms with Gasteiger partial charge in [0.25, 0.3) is 0 Å². The van der Waals surface area contributed by atoms with Gasteiger partial charge < -0.3 is 5.11 Å². The lowest BCUT2D eigenvalue weighted by atomic mass is 10.1. The predicted octanol–water partition coefficient (Wildman–Crippen LogP) is 3.08. The molecular formula is C13H12ClN3O2S2. The maximum absolute atomic E-state index is 11.5. The molecule has 5 nitrogen and oxygen atoms in total. The molecule has 0 spiro atoms. The van der Waals surface area contributed by atoms with Crippen LogP contribution >= 0.6 is 35.2 Å². The smallest absolute Gasteiger partial charge is 0.328 e. The molecule has 2 rings (SSSR count). The standard InChI is InChI=1S/C13H12ClN3O2S2/c14-10-3-1-9(2-4-10)7-11(12(18)19)17(8-20)16-13-15-5-6-21-13/h1-6,8,11H,7H2,(H,15,16)(H,18,19). The number of benzene rings is 1. The average molecular weight is 342 g/mol. The van der Waals surface area contributed by atoms with E-state index in [1.54, 1.807) is 35.8 Å². The van der Waals surface area contributed by atoms with E-state index in [-0.39, 0.29) is 6.42 Å². The third-order valence-electron chi connectivity index (χ3n) is 2.73. The zero-order valence-corrected chi connectivity index (χ0v) is 13.2. The van der Waals surface area contributed by atoms with Crippen LogP contribution in [0.25, 0.3) is 0 Å². The number of carboxylic acid groups (broad SMARTS) is 1. The third kappa shape index (κ3) is 4.38. The number of nitrogens with one attached hydrogen (secondary N) is 1. The molecule has 21 heavy (non-hydrogen) atoms. The maximum Gasteiger partial charge on any atom is 0.328 e. The van der Waals surface area contributed by atoms with Crippen molar-refractivity contribution in [2.24, 2.45) is 0 Å². The van der Waals surface area contributed by atoms with Crippen molar-refractivity contribution >= 4 is 51.7 Å². The van der Waals surface area contributed by atoms with Crippen LogP contribution in [0, 0.1) is 0 Å². The van der Waals surface area contributed by atoms with Crippen LogP contribution < -0.4 is 5.43 Å². The minimum absolute atomic E-state index is 0.290. The number of aromatic nitrogens is 1. The minimum atomic E-state index is -0.977. The van der Waals surface area contributed by atoms with Gasteiger partial charge in [-0.2, -0.15) is 0 Å². The number of carbonyl (C=O) groups is 1. The number of thiazole rings is 1. The second-order valence-electron chi connectivity index (χ2n) is 4.15. The summed E-state index contributed by atoms with van der Waals surface area (Å²) >= 11 is 12.1. The van der Waals surface area contributed by atoms with Crippen molar-refractivity contribution in [2.45, 2.75) is 12.5 Å². The van der Waals surface area contributed by atoms with Crippen LogP contribution in [0.2, 0.25) is 5.02 Å². The van der Waals surface area contributed by atoms with E-state index in [9.17, 15) is 9.90 Å². The highest BCUT2D eigenvalue weighted by Crippen LogP contribution is 2.16. The fourth-order valence-electron chi connectivity index (χ4n) is 1.72. The van der Waals surface area contributed by atoms with Crippen LogP contribution in [0.3, 0.4) is 0 Å². The first kappa shape index (κ1) is 15.7. The van der Waals surface area contributed by atoms with Gasteiger partial charge in [0, 0.05) is 23.0 Å². The molecule has 1 aromatic carbocycles. The van der Waals surface area contributed by atoms with Crippen LogP contribution in [0.1, 0.15) is 5.56 Å². The molecule has 0 saturated carbocycles. The molecule has 0 aliphatic carbocycles. The first-order chi connectivity index (χ1) is 10.1. The monoisotopic (exact) mass is 341 g/mol. The zero-order valence-electron chi connectivity index (χ0n) is 10.8. The van der Waals surface area contributed by atoms with Crippen LogP contribution in [-0.2, 0) is 11.2 Å². The molecule has 1 aromatic heterocycles. The van der Waals surface area contributed by atoms with Crippen molar-refractivity contribution in [3.63, 3.8) is 0 Å². The van der Waals surface area contributed by atoms with E-state index in [2.05, 4.69) is 10.4 Å². The fraction of sp³-hybridized carbons (Fsp3) is 0.154. The summed E-state index contributed by atoms with van der Waals surface area (Å²) in [5.41, 5.74) is 5.03. The largest absolute Gasteiger partial charge is 0.480 e. The Labute approximate surface area is 136 Å². The van der Waals surface area contributed by atoms with Crippen molar-refractivity contribution < 1.29 is 9.90 Å². The van der Waals surface area contributed by atoms with E-state index in [0.717, 1.165) is 5.56 Å². The third-order valence-corrected chi connectivity index (χ3v) is 3.89. The van der Waals surface area contributed by atoms with Crippen molar-refractivity contribution in [1.29, 1.82) is 0 Å². The summed E-state index contributed by atoms with van der Waals surface area (Å²) < 4.78 is 0. The van der Waals surface area contributed by atoms with Gasteiger partial charge >= 0.3 is 5.97 Å². The summed E-state index contributed by atoms with van der Waals surface area (Å²) in [6.07, 6.45) is 1.92. The van der Waals surface area contributed by atoms with E-state index in [1.807, 2.05) is 0 Å². The molecule has 0 saturated heterocycles. The highest BCUT2D eigenvalue weighted by atomic mass is 35.5. The number of rotatable bonds is 7. The van der Waals surface area contributed by atoms with Crippen LogP contribution in [-0.4, -0.2) is 32.6 Å². The summed E-state index contributed by atoms with van der Waals surface area (Å²) in [6, 6.07) is 6.21. The zero-order chi connectivity index (χ0) is 15.2. The molecule has 0 aliphatic heterocycles. The second kappa shape index (κ2) is 7.35. The Morgan fingerprint density at radius 1 is 1.52 bits per heavy atom. The molecule has 1 atom stereocenters. The molecule has 0 amide bonds. The molecule has 1 unspecified atom stereocenters. The van der Waals surface area contributed by atoms with Crippen LogP contribution in [0.4, 0.5) is 5.13 Å². The van der Waals surface area contributed by atoms with Gasteiger partial charge in [0.1, 0.15) is 0 Å². The van der Waals surface area contributed by atoms with Crippen molar-refractivity contribution in [2.75, 3.05) is 5.43 Å². The number of hydrogen-bond donors (Lipinski definition) is 2. The number of aliphatic carboxylic acids is 1. The Morgan fingerprint density at radius 3 is 2.76 bits per heavy atom. The first-order valence-electron chi connectivity index (χ1n) is 5.97. The Kier molecular flexibility index (Phi) is 5.49. The summed E-state index contributed by atoms with van der Waals surface area (Å²) in [7, 11) is 0. The summed E-state index contributed by atoms with van der Waals surface area (Å²) in [5.74, 6) is -0.977. The van der Waals surface area contributed by atoms with Crippen molar-refractivity contribution in [3.8, 4) is 0 Å². The number of carboxylic acids is 1. The van der Waals surface area contributed by atoms with E-state index < -0.39 is 12.0 Å². The van der Waals surface area contributed by atoms with Gasteiger partial charge in [0.2, 0.25) is 5.13 Å². The SMILES string of the molecule is O=C(O)C(Cc1ccc(Cl)cc1)N(C=S)Nc1nccs1. The molecule has 0 fully saturated rings. The molecular weight excluding hydrogens is 330 g/mol. The molecule has 0 radical (unpaired) electrons. The molecule has 1 heterocycles. The van der Waals surface area contributed by atoms with Gasteiger partial charge in [-0.25, -0.2) is 9.78 Å². The Balaban J connectivity index is 2.14. The molecule has 110 valence electrons. The summed E-state index contributed by atoms with van der Waals surface area (Å²) in [4.78, 5) is 15.6. The van der Waals surface area contributed by atoms with Gasteiger partial charge in [-0.3, -0.25) is 10.4 Å². The molecule has 2 N–H and O–H groups in total. The number of nitrogens with zero attached hydrogens (tertiary/aromatic N) is 2. The van der Waals surface area contributed by atoms with Crippen molar-refractivity contribution in [1.82, 2.24) is 9.99 Å². The summed E-state index contributed by atoms with van der Waals surface area (Å²) in [6.45, 7) is 0.